The highest BCUT2D eigenvalue weighted by Crippen LogP contribution is 2.38. The summed E-state index contributed by atoms with van der Waals surface area (Å²) in [5, 5.41) is 9.98. The van der Waals surface area contributed by atoms with E-state index in [2.05, 4.69) is 21.8 Å². The first-order valence-corrected chi connectivity index (χ1v) is 5.41. The average Bonchev–Trinajstić information content (AvgIpc) is 3.07. The molecule has 1 aliphatic carbocycles. The monoisotopic (exact) mass is 212 g/mol. The maximum absolute atomic E-state index is 8.92. The molecule has 2 heterocycles. The zero-order chi connectivity index (χ0) is 11.1. The van der Waals surface area contributed by atoms with Gasteiger partial charge in [0.15, 0.2) is 0 Å². The van der Waals surface area contributed by atoms with E-state index in [4.69, 9.17) is 11.0 Å². The van der Waals surface area contributed by atoms with Crippen LogP contribution in [-0.2, 0) is 0 Å². The number of nitrogens with two attached hydrogens (primary N) is 1. The Morgan fingerprint density at radius 2 is 2.31 bits per heavy atom. The quantitative estimate of drug-likeness (QED) is 0.826. The molecule has 0 bridgehead atoms. The lowest BCUT2D eigenvalue weighted by molar-refractivity contribution is 0.766. The minimum Gasteiger partial charge on any atom is -0.344 e. The number of rotatable bonds is 2. The molecule has 0 saturated heterocycles. The van der Waals surface area contributed by atoms with E-state index >= 15 is 0 Å². The first kappa shape index (κ1) is 9.37. The predicted molar refractivity (Wildman–Crippen MR) is 60.5 cm³/mol. The van der Waals surface area contributed by atoms with Crippen LogP contribution < -0.4 is 5.73 Å². The lowest BCUT2D eigenvalue weighted by atomic mass is 10.1. The van der Waals surface area contributed by atoms with Gasteiger partial charge in [0.25, 0.3) is 0 Å². The number of aromatic nitrogens is 2. The minimum absolute atomic E-state index is 0.588. The number of hydrogen-bond donors (Lipinski definition) is 1. The summed E-state index contributed by atoms with van der Waals surface area (Å²) in [7, 11) is 0. The van der Waals surface area contributed by atoms with E-state index in [1.54, 1.807) is 6.20 Å². The van der Waals surface area contributed by atoms with Crippen molar-refractivity contribution < 1.29 is 0 Å². The molecule has 2 N–H and O–H groups in total. The third-order valence-corrected chi connectivity index (χ3v) is 3.06. The summed E-state index contributed by atoms with van der Waals surface area (Å²) in [4.78, 5) is 4.13. The second-order valence-electron chi connectivity index (χ2n) is 4.23. The van der Waals surface area contributed by atoms with Gasteiger partial charge in [0, 0.05) is 35.6 Å². The molecule has 1 unspecified atom stereocenters. The van der Waals surface area contributed by atoms with Crippen LogP contribution in [0.15, 0.2) is 24.7 Å². The Bertz CT molecular complexity index is 574. The van der Waals surface area contributed by atoms with Crippen LogP contribution in [0.4, 0.5) is 0 Å². The van der Waals surface area contributed by atoms with Crippen molar-refractivity contribution in [3.05, 3.63) is 30.2 Å². The molecule has 1 aliphatic rings. The highest BCUT2D eigenvalue weighted by molar-refractivity contribution is 5.83. The molecule has 0 amide bonds. The van der Waals surface area contributed by atoms with Gasteiger partial charge in [-0.05, 0) is 18.9 Å². The molecule has 1 saturated carbocycles. The standard InChI is InChI=1S/C12H12N4/c13-5-11(14)10-7-15-6-8-3-4-16(12(8)10)9-1-2-9/h3-4,6-7,9,11H,1-2,14H2. The Kier molecular flexibility index (Phi) is 1.95. The van der Waals surface area contributed by atoms with Crippen molar-refractivity contribution in [2.45, 2.75) is 24.9 Å². The number of pyridine rings is 1. The van der Waals surface area contributed by atoms with Crippen LogP contribution >= 0.6 is 0 Å². The van der Waals surface area contributed by atoms with Crippen LogP contribution in [0.5, 0.6) is 0 Å². The van der Waals surface area contributed by atoms with Gasteiger partial charge in [0.05, 0.1) is 11.6 Å². The van der Waals surface area contributed by atoms with Gasteiger partial charge < -0.3 is 10.3 Å². The normalized spacial score (nSPS) is 17.2. The molecule has 80 valence electrons. The fraction of sp³-hybridized carbons (Fsp3) is 0.333. The lowest BCUT2D eigenvalue weighted by Crippen LogP contribution is -2.09. The molecule has 3 rings (SSSR count). The lowest BCUT2D eigenvalue weighted by Gasteiger charge is -2.09. The fourth-order valence-electron chi connectivity index (χ4n) is 2.10. The Hall–Kier alpha value is -1.86. The molecule has 0 spiro atoms. The summed E-state index contributed by atoms with van der Waals surface area (Å²) in [5.74, 6) is 0. The van der Waals surface area contributed by atoms with Crippen LogP contribution in [0.25, 0.3) is 10.9 Å². The summed E-state index contributed by atoms with van der Waals surface area (Å²) >= 11 is 0. The molecule has 1 fully saturated rings. The molecule has 1 atom stereocenters. The van der Waals surface area contributed by atoms with Gasteiger partial charge in [-0.2, -0.15) is 5.26 Å². The van der Waals surface area contributed by atoms with Crippen molar-refractivity contribution in [3.8, 4) is 6.07 Å². The van der Waals surface area contributed by atoms with Crippen molar-refractivity contribution in [3.63, 3.8) is 0 Å². The number of fused-ring (bicyclic) bond motifs is 1. The molecule has 16 heavy (non-hydrogen) atoms. The van der Waals surface area contributed by atoms with Crippen molar-refractivity contribution in [2.75, 3.05) is 0 Å². The minimum atomic E-state index is -0.594. The zero-order valence-corrected chi connectivity index (χ0v) is 8.80. The van der Waals surface area contributed by atoms with Gasteiger partial charge in [-0.25, -0.2) is 0 Å². The van der Waals surface area contributed by atoms with E-state index in [-0.39, 0.29) is 0 Å². The number of nitriles is 1. The van der Waals surface area contributed by atoms with E-state index in [1.165, 1.54) is 12.8 Å². The van der Waals surface area contributed by atoms with Gasteiger partial charge in [-0.15, -0.1) is 0 Å². The first-order chi connectivity index (χ1) is 7.81. The van der Waals surface area contributed by atoms with Crippen molar-refractivity contribution in [1.82, 2.24) is 9.55 Å². The topological polar surface area (TPSA) is 67.6 Å². The Morgan fingerprint density at radius 1 is 1.50 bits per heavy atom. The largest absolute Gasteiger partial charge is 0.344 e. The second-order valence-corrected chi connectivity index (χ2v) is 4.23. The highest BCUT2D eigenvalue weighted by atomic mass is 15.0. The molecule has 2 aromatic heterocycles. The summed E-state index contributed by atoms with van der Waals surface area (Å²) < 4.78 is 2.23. The Labute approximate surface area is 93.3 Å². The zero-order valence-electron chi connectivity index (χ0n) is 8.80. The average molecular weight is 212 g/mol. The molecular weight excluding hydrogens is 200 g/mol. The molecule has 0 aromatic carbocycles. The third kappa shape index (κ3) is 1.29. The van der Waals surface area contributed by atoms with Crippen molar-refractivity contribution in [2.24, 2.45) is 5.73 Å². The van der Waals surface area contributed by atoms with Crippen molar-refractivity contribution >= 4 is 10.9 Å². The van der Waals surface area contributed by atoms with Crippen LogP contribution in [0.1, 0.15) is 30.5 Å². The molecule has 4 nitrogen and oxygen atoms in total. The van der Waals surface area contributed by atoms with E-state index in [9.17, 15) is 0 Å². The highest BCUT2D eigenvalue weighted by Gasteiger charge is 2.26. The predicted octanol–water partition coefficient (Wildman–Crippen LogP) is 1.89. The van der Waals surface area contributed by atoms with Crippen LogP contribution in [0.3, 0.4) is 0 Å². The second kappa shape index (κ2) is 3.32. The van der Waals surface area contributed by atoms with E-state index in [1.807, 2.05) is 12.3 Å². The smallest absolute Gasteiger partial charge is 0.122 e. The number of hydrogen-bond acceptors (Lipinski definition) is 3. The fourth-order valence-corrected chi connectivity index (χ4v) is 2.10. The van der Waals surface area contributed by atoms with Crippen LogP contribution in [0.2, 0.25) is 0 Å². The third-order valence-electron chi connectivity index (χ3n) is 3.06. The summed E-state index contributed by atoms with van der Waals surface area (Å²) in [6, 6.07) is 4.10. The van der Waals surface area contributed by atoms with E-state index < -0.39 is 6.04 Å². The van der Waals surface area contributed by atoms with E-state index in [0.717, 1.165) is 16.5 Å². The van der Waals surface area contributed by atoms with Gasteiger partial charge >= 0.3 is 0 Å². The maximum Gasteiger partial charge on any atom is 0.122 e. The van der Waals surface area contributed by atoms with Gasteiger partial charge in [0.2, 0.25) is 0 Å². The number of nitrogens with zero attached hydrogens (tertiary/aromatic N) is 3. The molecule has 4 heteroatoms. The molecule has 0 radical (unpaired) electrons. The summed E-state index contributed by atoms with van der Waals surface area (Å²) in [6.07, 6.45) is 8.02. The maximum atomic E-state index is 8.92. The van der Waals surface area contributed by atoms with Gasteiger partial charge in [-0.1, -0.05) is 0 Å². The van der Waals surface area contributed by atoms with Crippen LogP contribution in [-0.4, -0.2) is 9.55 Å². The van der Waals surface area contributed by atoms with Crippen LogP contribution in [0, 0.1) is 11.3 Å². The first-order valence-electron chi connectivity index (χ1n) is 5.41. The molecular formula is C12H12N4. The van der Waals surface area contributed by atoms with E-state index in [0.29, 0.717) is 6.04 Å². The Morgan fingerprint density at radius 3 is 3.00 bits per heavy atom. The molecule has 0 aliphatic heterocycles. The summed E-state index contributed by atoms with van der Waals surface area (Å²) in [6.45, 7) is 0. The van der Waals surface area contributed by atoms with Gasteiger partial charge in [0.1, 0.15) is 6.04 Å². The Balaban J connectivity index is 2.26. The van der Waals surface area contributed by atoms with Crippen molar-refractivity contribution in [1.29, 1.82) is 5.26 Å². The summed E-state index contributed by atoms with van der Waals surface area (Å²) in [5.41, 5.74) is 7.70. The van der Waals surface area contributed by atoms with Gasteiger partial charge in [-0.3, -0.25) is 4.98 Å². The molecule has 2 aromatic rings. The SMILES string of the molecule is N#CC(N)c1cncc2ccn(C3CC3)c12.